The predicted octanol–water partition coefficient (Wildman–Crippen LogP) is 5.23. The van der Waals surface area contributed by atoms with E-state index in [2.05, 4.69) is 35.2 Å². The highest BCUT2D eigenvalue weighted by Crippen LogP contribution is 2.50. The first-order valence-corrected chi connectivity index (χ1v) is 11.2. The van der Waals surface area contributed by atoms with Crippen molar-refractivity contribution in [2.24, 2.45) is 11.8 Å². The molecule has 0 bridgehead atoms. The molecule has 0 N–H and O–H groups in total. The maximum absolute atomic E-state index is 13.3. The number of nitrogens with zero attached hydrogens (tertiary/aromatic N) is 1. The number of hydrogen-bond donors (Lipinski definition) is 0. The van der Waals surface area contributed by atoms with Crippen LogP contribution in [0.25, 0.3) is 0 Å². The van der Waals surface area contributed by atoms with E-state index in [1.807, 2.05) is 12.1 Å². The molecule has 0 radical (unpaired) electrons. The number of methoxy groups -OCH3 is 1. The molecular formula is C26H31NO2. The highest BCUT2D eigenvalue weighted by atomic mass is 16.5. The summed E-state index contributed by atoms with van der Waals surface area (Å²) in [6, 6.07) is 14.8. The molecule has 152 valence electrons. The normalized spacial score (nSPS) is 24.5. The van der Waals surface area contributed by atoms with Crippen LogP contribution in [0.2, 0.25) is 0 Å². The molecule has 3 heteroatoms. The average Bonchev–Trinajstić information content (AvgIpc) is 3.04. The molecule has 5 rings (SSSR count). The summed E-state index contributed by atoms with van der Waals surface area (Å²) in [7, 11) is 1.75. The monoisotopic (exact) mass is 389 g/mol. The number of ketones is 1. The van der Waals surface area contributed by atoms with Crippen LogP contribution in [-0.4, -0.2) is 30.9 Å². The van der Waals surface area contributed by atoms with Gasteiger partial charge in [0.2, 0.25) is 0 Å². The maximum Gasteiger partial charge on any atom is 0.166 e. The molecule has 2 aromatic carbocycles. The largest absolute Gasteiger partial charge is 0.496 e. The van der Waals surface area contributed by atoms with Crippen LogP contribution in [-0.2, 0) is 13.0 Å². The minimum Gasteiger partial charge on any atom is -0.496 e. The number of Topliss-reactive ketones (excluding diaryl/α,β-unsaturated/α-hetero) is 1. The van der Waals surface area contributed by atoms with Crippen LogP contribution in [0.3, 0.4) is 0 Å². The Kier molecular flexibility index (Phi) is 5.17. The molecule has 1 aliphatic heterocycles. The van der Waals surface area contributed by atoms with Gasteiger partial charge < -0.3 is 4.74 Å². The zero-order valence-electron chi connectivity index (χ0n) is 17.4. The van der Waals surface area contributed by atoms with Crippen LogP contribution in [0.1, 0.15) is 65.1 Å². The van der Waals surface area contributed by atoms with Gasteiger partial charge in [0.15, 0.2) is 5.78 Å². The molecule has 1 saturated heterocycles. The Balaban J connectivity index is 1.25. The van der Waals surface area contributed by atoms with Gasteiger partial charge in [0.25, 0.3) is 0 Å². The smallest absolute Gasteiger partial charge is 0.166 e. The number of likely N-dealkylation sites (tertiary alicyclic amines) is 1. The Morgan fingerprint density at radius 3 is 2.59 bits per heavy atom. The molecule has 2 aliphatic carbocycles. The summed E-state index contributed by atoms with van der Waals surface area (Å²) < 4.78 is 5.61. The summed E-state index contributed by atoms with van der Waals surface area (Å²) in [6.45, 7) is 3.35. The molecule has 3 nitrogen and oxygen atoms in total. The molecule has 2 aromatic rings. The fraction of sp³-hybridized carbons (Fsp3) is 0.500. The molecule has 2 unspecified atom stereocenters. The fourth-order valence-electron chi connectivity index (χ4n) is 6.01. The van der Waals surface area contributed by atoms with E-state index in [1.54, 1.807) is 7.11 Å². The predicted molar refractivity (Wildman–Crippen MR) is 116 cm³/mol. The van der Waals surface area contributed by atoms with Crippen molar-refractivity contribution in [2.45, 2.75) is 51.0 Å². The van der Waals surface area contributed by atoms with Gasteiger partial charge in [-0.1, -0.05) is 30.3 Å². The van der Waals surface area contributed by atoms with Gasteiger partial charge in [-0.15, -0.1) is 0 Å². The lowest BCUT2D eigenvalue weighted by atomic mass is 9.75. The highest BCUT2D eigenvalue weighted by molar-refractivity contribution is 6.04. The molecule has 0 aromatic heterocycles. The maximum atomic E-state index is 13.3. The quantitative estimate of drug-likeness (QED) is 0.701. The number of piperidine rings is 1. The van der Waals surface area contributed by atoms with Gasteiger partial charge in [0, 0.05) is 18.0 Å². The first-order valence-electron chi connectivity index (χ1n) is 11.2. The van der Waals surface area contributed by atoms with E-state index >= 15 is 0 Å². The van der Waals surface area contributed by atoms with Gasteiger partial charge in [0.1, 0.15) is 5.75 Å². The minimum atomic E-state index is 0.196. The minimum absolute atomic E-state index is 0.196. The van der Waals surface area contributed by atoms with Crippen LogP contribution in [0.5, 0.6) is 5.75 Å². The van der Waals surface area contributed by atoms with E-state index in [0.717, 1.165) is 50.2 Å². The number of rotatable bonds is 5. The van der Waals surface area contributed by atoms with Crippen LogP contribution >= 0.6 is 0 Å². The molecule has 1 fully saturated rings. The third-order valence-corrected chi connectivity index (χ3v) is 7.48. The Hall–Kier alpha value is -2.13. The van der Waals surface area contributed by atoms with Crippen LogP contribution in [0.4, 0.5) is 0 Å². The van der Waals surface area contributed by atoms with Crippen LogP contribution in [0.15, 0.2) is 42.5 Å². The van der Waals surface area contributed by atoms with Crippen molar-refractivity contribution >= 4 is 5.78 Å². The van der Waals surface area contributed by atoms with Crippen molar-refractivity contribution in [2.75, 3.05) is 20.2 Å². The van der Waals surface area contributed by atoms with Crippen molar-refractivity contribution < 1.29 is 9.53 Å². The summed E-state index contributed by atoms with van der Waals surface area (Å²) in [5.41, 5.74) is 5.05. The Labute approximate surface area is 174 Å². The van der Waals surface area contributed by atoms with Gasteiger partial charge >= 0.3 is 0 Å². The van der Waals surface area contributed by atoms with Crippen molar-refractivity contribution in [3.05, 3.63) is 64.7 Å². The van der Waals surface area contributed by atoms with Crippen molar-refractivity contribution in [3.63, 3.8) is 0 Å². The Morgan fingerprint density at radius 2 is 1.83 bits per heavy atom. The van der Waals surface area contributed by atoms with Crippen LogP contribution < -0.4 is 4.74 Å². The van der Waals surface area contributed by atoms with Gasteiger partial charge in [-0.2, -0.15) is 0 Å². The van der Waals surface area contributed by atoms with E-state index in [9.17, 15) is 4.79 Å². The number of carbonyl (C=O) groups is 1. The summed E-state index contributed by atoms with van der Waals surface area (Å²) in [5, 5.41) is 0. The Morgan fingerprint density at radius 1 is 1.03 bits per heavy atom. The zero-order valence-corrected chi connectivity index (χ0v) is 17.4. The van der Waals surface area contributed by atoms with E-state index in [0.29, 0.717) is 17.6 Å². The molecule has 3 aliphatic rings. The number of ether oxygens (including phenoxy) is 1. The first-order chi connectivity index (χ1) is 14.2. The van der Waals surface area contributed by atoms with E-state index in [-0.39, 0.29) is 5.92 Å². The van der Waals surface area contributed by atoms with Gasteiger partial charge in [-0.05, 0) is 92.3 Å². The third-order valence-electron chi connectivity index (χ3n) is 7.48. The molecule has 1 heterocycles. The van der Waals surface area contributed by atoms with E-state index < -0.39 is 0 Å². The lowest BCUT2D eigenvalue weighted by Gasteiger charge is -2.34. The summed E-state index contributed by atoms with van der Waals surface area (Å²) >= 11 is 0. The number of benzene rings is 2. The summed E-state index contributed by atoms with van der Waals surface area (Å²) in [6.07, 6.45) is 6.90. The van der Waals surface area contributed by atoms with Gasteiger partial charge in [-0.25, -0.2) is 0 Å². The molecule has 2 atom stereocenters. The summed E-state index contributed by atoms with van der Waals surface area (Å²) in [5.74, 6) is 2.69. The SMILES string of the molecule is COc1ccc2c3c1CCCC3C(CC1CCN(Cc3ccccc3)CC1)C2=O. The van der Waals surface area contributed by atoms with Crippen molar-refractivity contribution in [1.82, 2.24) is 4.90 Å². The fourth-order valence-corrected chi connectivity index (χ4v) is 6.01. The standard InChI is InChI=1S/C26H31NO2/c1-29-24-11-10-22-25-20(8-5-9-21(24)25)23(26(22)28)16-18-12-14-27(15-13-18)17-19-6-3-2-4-7-19/h2-4,6-7,10-11,18,20,23H,5,8-9,12-17H2,1H3. The zero-order chi connectivity index (χ0) is 19.8. The van der Waals surface area contributed by atoms with Crippen LogP contribution in [0, 0.1) is 11.8 Å². The molecule has 29 heavy (non-hydrogen) atoms. The summed E-state index contributed by atoms with van der Waals surface area (Å²) in [4.78, 5) is 15.8. The average molecular weight is 390 g/mol. The van der Waals surface area contributed by atoms with Crippen molar-refractivity contribution in [1.29, 1.82) is 0 Å². The number of carbonyl (C=O) groups excluding carboxylic acids is 1. The second kappa shape index (κ2) is 7.95. The second-order valence-electron chi connectivity index (χ2n) is 9.12. The molecule has 0 spiro atoms. The third kappa shape index (κ3) is 3.50. The van der Waals surface area contributed by atoms with Gasteiger partial charge in [0.05, 0.1) is 7.11 Å². The van der Waals surface area contributed by atoms with E-state index in [4.69, 9.17) is 4.74 Å². The van der Waals surface area contributed by atoms with Gasteiger partial charge in [-0.3, -0.25) is 9.69 Å². The molecule has 0 amide bonds. The lowest BCUT2D eigenvalue weighted by molar-refractivity contribution is 0.0870. The number of hydrogen-bond acceptors (Lipinski definition) is 3. The van der Waals surface area contributed by atoms with Crippen molar-refractivity contribution in [3.8, 4) is 5.75 Å². The lowest BCUT2D eigenvalue weighted by Crippen LogP contribution is -2.34. The Bertz CT molecular complexity index is 883. The highest BCUT2D eigenvalue weighted by Gasteiger charge is 2.44. The molecule has 0 saturated carbocycles. The molecular weight excluding hydrogens is 358 g/mol. The first kappa shape index (κ1) is 18.9. The van der Waals surface area contributed by atoms with E-state index in [1.165, 1.54) is 36.0 Å². The second-order valence-corrected chi connectivity index (χ2v) is 9.12. The topological polar surface area (TPSA) is 29.5 Å².